The number of hydrogen-bond donors (Lipinski definition) is 1. The molecule has 0 bridgehead atoms. The molecule has 180 valence electrons. The summed E-state index contributed by atoms with van der Waals surface area (Å²) in [4.78, 5) is 38.2. The lowest BCUT2D eigenvalue weighted by atomic mass is 10.1. The van der Waals surface area contributed by atoms with E-state index in [4.69, 9.17) is 25.5 Å². The zero-order chi connectivity index (χ0) is 24.8. The van der Waals surface area contributed by atoms with Crippen molar-refractivity contribution in [3.05, 3.63) is 93.9 Å². The van der Waals surface area contributed by atoms with Crippen LogP contribution in [-0.2, 0) is 20.9 Å². The van der Waals surface area contributed by atoms with Crippen LogP contribution < -0.4 is 15.8 Å². The van der Waals surface area contributed by atoms with Gasteiger partial charge in [-0.3, -0.25) is 14.2 Å². The highest BCUT2D eigenvalue weighted by Crippen LogP contribution is 2.27. The maximum absolute atomic E-state index is 13.2. The summed E-state index contributed by atoms with van der Waals surface area (Å²) in [7, 11) is 0. The summed E-state index contributed by atoms with van der Waals surface area (Å²) in [5.41, 5.74) is 1.81. The van der Waals surface area contributed by atoms with Gasteiger partial charge in [-0.2, -0.15) is 0 Å². The molecule has 0 saturated carbocycles. The molecule has 4 aromatic rings. The number of amides is 1. The summed E-state index contributed by atoms with van der Waals surface area (Å²) in [5, 5.41) is 3.21. The summed E-state index contributed by atoms with van der Waals surface area (Å²) in [5.74, 6) is -1.28. The molecule has 1 heterocycles. The predicted molar refractivity (Wildman–Crippen MR) is 132 cm³/mol. The van der Waals surface area contributed by atoms with Gasteiger partial charge in [0.05, 0.1) is 24.2 Å². The summed E-state index contributed by atoms with van der Waals surface area (Å²) in [6, 6.07) is 20.5. The monoisotopic (exact) mass is 494 g/mol. The Morgan fingerprint density at radius 1 is 1.06 bits per heavy atom. The lowest BCUT2D eigenvalue weighted by Crippen LogP contribution is -2.27. The average Bonchev–Trinajstić information content (AvgIpc) is 3.16. The van der Waals surface area contributed by atoms with E-state index in [0.29, 0.717) is 39.7 Å². The Bertz CT molecular complexity index is 1400. The number of nitrogens with one attached hydrogen (secondary N) is 1. The van der Waals surface area contributed by atoms with Gasteiger partial charge in [-0.05, 0) is 31.2 Å². The second-order valence-corrected chi connectivity index (χ2v) is 8.02. The second kappa shape index (κ2) is 10.9. The molecule has 1 unspecified atom stereocenters. The van der Waals surface area contributed by atoms with Gasteiger partial charge in [0.15, 0.2) is 5.58 Å². The Balaban J connectivity index is 1.50. The highest BCUT2D eigenvalue weighted by atomic mass is 35.5. The normalized spacial score (nSPS) is 11.7. The van der Waals surface area contributed by atoms with Crippen LogP contribution >= 0.6 is 11.6 Å². The molecular formula is C26H23ClN2O6. The number of hydrogen-bond acceptors (Lipinski definition) is 6. The molecule has 0 aliphatic carbocycles. The number of aryl methyl sites for hydroxylation is 1. The molecule has 35 heavy (non-hydrogen) atoms. The summed E-state index contributed by atoms with van der Waals surface area (Å²) in [6.07, 6.45) is -1.35. The zero-order valence-electron chi connectivity index (χ0n) is 18.9. The highest BCUT2D eigenvalue weighted by molar-refractivity contribution is 6.31. The number of aromatic nitrogens is 1. The minimum Gasteiger partial charge on any atom is -0.492 e. The van der Waals surface area contributed by atoms with Gasteiger partial charge < -0.3 is 19.2 Å². The number of benzene rings is 3. The molecule has 0 fully saturated rings. The molecule has 1 amide bonds. The molecule has 1 aromatic heterocycles. The van der Waals surface area contributed by atoms with Crippen LogP contribution in [0.1, 0.15) is 25.0 Å². The third-order valence-corrected chi connectivity index (χ3v) is 5.44. The molecule has 0 aliphatic rings. The van der Waals surface area contributed by atoms with Crippen LogP contribution in [0.15, 0.2) is 82.0 Å². The largest absolute Gasteiger partial charge is 0.492 e. The van der Waals surface area contributed by atoms with Gasteiger partial charge in [-0.1, -0.05) is 54.1 Å². The van der Waals surface area contributed by atoms with E-state index < -0.39 is 23.7 Å². The maximum atomic E-state index is 13.2. The number of ether oxygens (including phenoxy) is 2. The number of para-hydroxylation sites is 2. The van der Waals surface area contributed by atoms with Crippen LogP contribution in [0.2, 0.25) is 5.02 Å². The molecule has 9 heteroatoms. The second-order valence-electron chi connectivity index (χ2n) is 7.58. The van der Waals surface area contributed by atoms with E-state index in [1.54, 1.807) is 66.7 Å². The molecule has 0 saturated heterocycles. The van der Waals surface area contributed by atoms with Gasteiger partial charge in [0, 0.05) is 23.2 Å². The lowest BCUT2D eigenvalue weighted by Gasteiger charge is -2.19. The first kappa shape index (κ1) is 24.1. The molecule has 0 spiro atoms. The van der Waals surface area contributed by atoms with Crippen molar-refractivity contribution >= 4 is 40.3 Å². The van der Waals surface area contributed by atoms with Gasteiger partial charge >= 0.3 is 11.7 Å². The molecule has 3 aromatic carbocycles. The Morgan fingerprint density at radius 2 is 1.80 bits per heavy atom. The third kappa shape index (κ3) is 5.73. The quantitative estimate of drug-likeness (QED) is 0.330. The topological polar surface area (TPSA) is 99.8 Å². The number of anilines is 1. The predicted octanol–water partition coefficient (Wildman–Crippen LogP) is 4.96. The first-order valence-electron chi connectivity index (χ1n) is 11.0. The van der Waals surface area contributed by atoms with Gasteiger partial charge in [0.25, 0.3) is 5.91 Å². The minimum atomic E-state index is -1.20. The minimum absolute atomic E-state index is 0.0165. The average molecular weight is 495 g/mol. The number of nitrogens with zero attached hydrogens (tertiary/aromatic N) is 1. The van der Waals surface area contributed by atoms with Crippen molar-refractivity contribution in [2.75, 3.05) is 11.9 Å². The highest BCUT2D eigenvalue weighted by Gasteiger charge is 2.26. The van der Waals surface area contributed by atoms with E-state index >= 15 is 0 Å². The van der Waals surface area contributed by atoms with Gasteiger partial charge in [-0.25, -0.2) is 4.79 Å². The molecule has 8 nitrogen and oxygen atoms in total. The van der Waals surface area contributed by atoms with Crippen molar-refractivity contribution < 1.29 is 23.5 Å². The Labute approximate surface area is 206 Å². The first-order chi connectivity index (χ1) is 17.0. The molecule has 1 atom stereocenters. The fourth-order valence-electron chi connectivity index (χ4n) is 3.60. The van der Waals surface area contributed by atoms with Crippen LogP contribution in [0.3, 0.4) is 0 Å². The van der Waals surface area contributed by atoms with E-state index in [1.807, 2.05) is 6.92 Å². The van der Waals surface area contributed by atoms with Gasteiger partial charge in [0.1, 0.15) is 5.75 Å². The van der Waals surface area contributed by atoms with Crippen molar-refractivity contribution in [1.82, 2.24) is 4.57 Å². The Kier molecular flexibility index (Phi) is 7.52. The number of halogens is 1. The van der Waals surface area contributed by atoms with E-state index in [2.05, 4.69) is 5.32 Å². The van der Waals surface area contributed by atoms with Crippen LogP contribution in [0.25, 0.3) is 11.1 Å². The van der Waals surface area contributed by atoms with Gasteiger partial charge in [-0.15, -0.1) is 0 Å². The number of esters is 1. The number of carbonyl (C=O) groups is 2. The van der Waals surface area contributed by atoms with E-state index in [1.165, 1.54) is 10.6 Å². The van der Waals surface area contributed by atoms with E-state index in [0.717, 1.165) is 0 Å². The first-order valence-corrected chi connectivity index (χ1v) is 11.4. The van der Waals surface area contributed by atoms with Crippen molar-refractivity contribution in [2.24, 2.45) is 0 Å². The number of carbonyl (C=O) groups excluding carboxylic acids is 2. The smallest absolute Gasteiger partial charge is 0.419 e. The third-order valence-electron chi connectivity index (χ3n) is 5.20. The van der Waals surface area contributed by atoms with Gasteiger partial charge in [0.2, 0.25) is 6.10 Å². The molecule has 4 rings (SSSR count). The van der Waals surface area contributed by atoms with E-state index in [-0.39, 0.29) is 13.0 Å². The lowest BCUT2D eigenvalue weighted by molar-refractivity contribution is -0.155. The van der Waals surface area contributed by atoms with Crippen LogP contribution in [0.5, 0.6) is 5.75 Å². The number of oxazole rings is 1. The van der Waals surface area contributed by atoms with Crippen LogP contribution in [0.4, 0.5) is 5.69 Å². The Hall–Kier alpha value is -4.04. The summed E-state index contributed by atoms with van der Waals surface area (Å²) in [6.45, 7) is 2.29. The molecule has 1 N–H and O–H groups in total. The number of fused-ring (bicyclic) bond motifs is 1. The van der Waals surface area contributed by atoms with Crippen molar-refractivity contribution in [3.63, 3.8) is 0 Å². The van der Waals surface area contributed by atoms with Crippen molar-refractivity contribution in [1.29, 1.82) is 0 Å². The fourth-order valence-corrected chi connectivity index (χ4v) is 3.76. The maximum Gasteiger partial charge on any atom is 0.419 e. The van der Waals surface area contributed by atoms with Crippen molar-refractivity contribution in [2.45, 2.75) is 26.0 Å². The van der Waals surface area contributed by atoms with E-state index in [9.17, 15) is 14.4 Å². The fraction of sp³-hybridized carbons (Fsp3) is 0.192. The SMILES string of the molecule is CCOc1ccccc1NC(=O)C(OC(=O)CCn1c(=O)oc2cc(Cl)ccc21)c1ccccc1. The summed E-state index contributed by atoms with van der Waals surface area (Å²) >= 11 is 5.95. The van der Waals surface area contributed by atoms with Crippen molar-refractivity contribution in [3.8, 4) is 5.75 Å². The number of rotatable bonds is 9. The molecule has 0 aliphatic heterocycles. The molecular weight excluding hydrogens is 472 g/mol. The summed E-state index contributed by atoms with van der Waals surface area (Å²) < 4.78 is 17.7. The van der Waals surface area contributed by atoms with Crippen LogP contribution in [-0.4, -0.2) is 23.1 Å². The van der Waals surface area contributed by atoms with Crippen LogP contribution in [0, 0.1) is 0 Å². The zero-order valence-corrected chi connectivity index (χ0v) is 19.7. The standard InChI is InChI=1S/C26H23ClN2O6/c1-2-33-21-11-7-6-10-19(21)28-25(31)24(17-8-4-3-5-9-17)35-23(30)14-15-29-20-13-12-18(27)16-22(20)34-26(29)32/h3-13,16,24H,2,14-15H2,1H3,(H,28,31). The molecule has 0 radical (unpaired) electrons. The Morgan fingerprint density at radius 3 is 2.57 bits per heavy atom.